The fraction of sp³-hybridized carbons (Fsp3) is 0.100. The molecule has 0 atom stereocenters. The second kappa shape index (κ2) is 3.83. The minimum absolute atomic E-state index is 0.307. The van der Waals surface area contributed by atoms with Gasteiger partial charge in [0, 0.05) is 10.3 Å². The molecule has 0 unspecified atom stereocenters. The highest BCUT2D eigenvalue weighted by molar-refractivity contribution is 8.06. The summed E-state index contributed by atoms with van der Waals surface area (Å²) < 4.78 is 22.3. The normalized spacial score (nSPS) is 18.9. The van der Waals surface area contributed by atoms with Crippen LogP contribution in [0.3, 0.4) is 0 Å². The third-order valence-electron chi connectivity index (χ3n) is 1.86. The van der Waals surface area contributed by atoms with E-state index < -0.39 is 9.84 Å². The van der Waals surface area contributed by atoms with E-state index in [2.05, 4.69) is 0 Å². The summed E-state index contributed by atoms with van der Waals surface area (Å²) in [5, 5.41) is 1.06. The third-order valence-corrected chi connectivity index (χ3v) is 4.35. The SMILES string of the molecule is O=C1CS(=O)(=O)C=C1Sc1ccccc1. The molecule has 0 radical (unpaired) electrons. The Labute approximate surface area is 92.1 Å². The average molecular weight is 240 g/mol. The van der Waals surface area contributed by atoms with Gasteiger partial charge in [-0.3, -0.25) is 4.79 Å². The van der Waals surface area contributed by atoms with Crippen molar-refractivity contribution >= 4 is 27.4 Å². The Morgan fingerprint density at radius 3 is 2.33 bits per heavy atom. The highest BCUT2D eigenvalue weighted by Gasteiger charge is 2.27. The van der Waals surface area contributed by atoms with Gasteiger partial charge in [0.1, 0.15) is 5.75 Å². The molecule has 0 saturated heterocycles. The number of hydrogen-bond donors (Lipinski definition) is 0. The Kier molecular flexibility index (Phi) is 2.67. The van der Waals surface area contributed by atoms with E-state index in [4.69, 9.17) is 0 Å². The van der Waals surface area contributed by atoms with Crippen molar-refractivity contribution in [1.82, 2.24) is 0 Å². The first-order valence-electron chi connectivity index (χ1n) is 4.27. The number of ketones is 1. The molecule has 0 N–H and O–H groups in total. The van der Waals surface area contributed by atoms with E-state index in [1.165, 1.54) is 11.8 Å². The number of carbonyl (C=O) groups is 1. The summed E-state index contributed by atoms with van der Waals surface area (Å²) in [5.74, 6) is -0.703. The number of sulfone groups is 1. The maximum Gasteiger partial charge on any atom is 0.185 e. The topological polar surface area (TPSA) is 51.2 Å². The standard InChI is InChI=1S/C10H8O3S2/c11-9-6-15(12,13)7-10(9)14-8-4-2-1-3-5-8/h1-5,7H,6H2. The zero-order valence-corrected chi connectivity index (χ0v) is 9.35. The minimum atomic E-state index is -3.30. The maximum absolute atomic E-state index is 11.3. The van der Waals surface area contributed by atoms with Crippen molar-refractivity contribution in [3.8, 4) is 0 Å². The van der Waals surface area contributed by atoms with Crippen LogP contribution in [0.25, 0.3) is 0 Å². The lowest BCUT2D eigenvalue weighted by Gasteiger charge is -1.98. The number of Topliss-reactive ketones (excluding diaryl/α,β-unsaturated/α-hetero) is 1. The summed E-state index contributed by atoms with van der Waals surface area (Å²) in [6.45, 7) is 0. The van der Waals surface area contributed by atoms with E-state index in [0.717, 1.165) is 10.3 Å². The van der Waals surface area contributed by atoms with Gasteiger partial charge in [-0.1, -0.05) is 30.0 Å². The van der Waals surface area contributed by atoms with E-state index >= 15 is 0 Å². The first kappa shape index (κ1) is 10.4. The Morgan fingerprint density at radius 1 is 1.13 bits per heavy atom. The molecule has 0 amide bonds. The van der Waals surface area contributed by atoms with Gasteiger partial charge >= 0.3 is 0 Å². The molecule has 3 nitrogen and oxygen atoms in total. The van der Waals surface area contributed by atoms with E-state index in [9.17, 15) is 13.2 Å². The second-order valence-electron chi connectivity index (χ2n) is 3.13. The highest BCUT2D eigenvalue weighted by atomic mass is 32.2. The summed E-state index contributed by atoms with van der Waals surface area (Å²) in [7, 11) is -3.30. The maximum atomic E-state index is 11.3. The van der Waals surface area contributed by atoms with Crippen LogP contribution in [0.4, 0.5) is 0 Å². The van der Waals surface area contributed by atoms with E-state index in [1.807, 2.05) is 30.3 Å². The minimum Gasteiger partial charge on any atom is -0.292 e. The largest absolute Gasteiger partial charge is 0.292 e. The van der Waals surface area contributed by atoms with Crippen LogP contribution in [0.2, 0.25) is 0 Å². The van der Waals surface area contributed by atoms with Crippen LogP contribution in [0.5, 0.6) is 0 Å². The summed E-state index contributed by atoms with van der Waals surface area (Å²) >= 11 is 1.19. The molecular formula is C10H8O3S2. The molecule has 0 aromatic heterocycles. The predicted molar refractivity (Wildman–Crippen MR) is 59.2 cm³/mol. The van der Waals surface area contributed by atoms with Gasteiger partial charge in [-0.2, -0.15) is 0 Å². The zero-order chi connectivity index (χ0) is 10.9. The third kappa shape index (κ3) is 2.49. The molecule has 1 heterocycles. The van der Waals surface area contributed by atoms with Crippen molar-refractivity contribution in [2.75, 3.05) is 5.75 Å². The van der Waals surface area contributed by atoms with Crippen molar-refractivity contribution in [3.63, 3.8) is 0 Å². The van der Waals surface area contributed by atoms with E-state index in [0.29, 0.717) is 4.91 Å². The molecule has 5 heteroatoms. The number of rotatable bonds is 2. The van der Waals surface area contributed by atoms with Gasteiger partial charge in [0.15, 0.2) is 15.6 Å². The summed E-state index contributed by atoms with van der Waals surface area (Å²) in [4.78, 5) is 12.5. The molecule has 0 fully saturated rings. The molecule has 0 aliphatic carbocycles. The predicted octanol–water partition coefficient (Wildman–Crippen LogP) is 1.62. The number of benzene rings is 1. The Morgan fingerprint density at radius 2 is 1.80 bits per heavy atom. The average Bonchev–Trinajstić information content (AvgIpc) is 2.41. The molecule has 1 aromatic carbocycles. The Hall–Kier alpha value is -1.07. The summed E-state index contributed by atoms with van der Waals surface area (Å²) in [6, 6.07) is 9.23. The van der Waals surface area contributed by atoms with Crippen LogP contribution >= 0.6 is 11.8 Å². The smallest absolute Gasteiger partial charge is 0.185 e. The second-order valence-corrected chi connectivity index (χ2v) is 6.09. The Balaban J connectivity index is 2.25. The van der Waals surface area contributed by atoms with Gasteiger partial charge < -0.3 is 0 Å². The van der Waals surface area contributed by atoms with Crippen LogP contribution in [0, 0.1) is 0 Å². The van der Waals surface area contributed by atoms with Gasteiger partial charge in [0.05, 0.1) is 4.91 Å². The van der Waals surface area contributed by atoms with Gasteiger partial charge in [-0.25, -0.2) is 8.42 Å². The quantitative estimate of drug-likeness (QED) is 0.788. The lowest BCUT2D eigenvalue weighted by atomic mass is 10.4. The highest BCUT2D eigenvalue weighted by Crippen LogP contribution is 2.31. The lowest BCUT2D eigenvalue weighted by Crippen LogP contribution is -2.04. The van der Waals surface area contributed by atoms with Gasteiger partial charge in [-0.15, -0.1) is 0 Å². The van der Waals surface area contributed by atoms with E-state index in [1.54, 1.807) is 0 Å². The summed E-state index contributed by atoms with van der Waals surface area (Å²) in [6.07, 6.45) is 0. The first-order chi connectivity index (χ1) is 7.07. The number of allylic oxidation sites excluding steroid dienone is 1. The Bertz CT molecular complexity index is 515. The molecule has 0 spiro atoms. The van der Waals surface area contributed by atoms with Crippen LogP contribution < -0.4 is 0 Å². The number of thioether (sulfide) groups is 1. The van der Waals surface area contributed by atoms with Gasteiger partial charge in [-0.05, 0) is 12.1 Å². The molecule has 0 bridgehead atoms. The van der Waals surface area contributed by atoms with Crippen LogP contribution in [0.1, 0.15) is 0 Å². The summed E-state index contributed by atoms with van der Waals surface area (Å²) in [5.41, 5.74) is 0. The van der Waals surface area contributed by atoms with Crippen LogP contribution in [-0.2, 0) is 14.6 Å². The molecular weight excluding hydrogens is 232 g/mol. The molecule has 1 aromatic rings. The van der Waals surface area contributed by atoms with Crippen LogP contribution in [0.15, 0.2) is 45.5 Å². The van der Waals surface area contributed by atoms with Gasteiger partial charge in [0.2, 0.25) is 0 Å². The molecule has 0 saturated carbocycles. The fourth-order valence-corrected chi connectivity index (χ4v) is 3.74. The van der Waals surface area contributed by atoms with E-state index in [-0.39, 0.29) is 11.5 Å². The van der Waals surface area contributed by atoms with Crippen LogP contribution in [-0.4, -0.2) is 20.0 Å². The molecule has 2 rings (SSSR count). The van der Waals surface area contributed by atoms with Gasteiger partial charge in [0.25, 0.3) is 0 Å². The molecule has 78 valence electrons. The van der Waals surface area contributed by atoms with Crippen molar-refractivity contribution < 1.29 is 13.2 Å². The zero-order valence-electron chi connectivity index (χ0n) is 7.71. The van der Waals surface area contributed by atoms with Crippen molar-refractivity contribution in [2.24, 2.45) is 0 Å². The number of hydrogen-bond acceptors (Lipinski definition) is 4. The van der Waals surface area contributed by atoms with Crippen molar-refractivity contribution in [2.45, 2.75) is 4.90 Å². The molecule has 1 aliphatic heterocycles. The first-order valence-corrected chi connectivity index (χ1v) is 6.80. The molecule has 15 heavy (non-hydrogen) atoms. The fourth-order valence-electron chi connectivity index (χ4n) is 1.22. The van der Waals surface area contributed by atoms with Crippen molar-refractivity contribution in [1.29, 1.82) is 0 Å². The molecule has 1 aliphatic rings. The van der Waals surface area contributed by atoms with Crippen molar-refractivity contribution in [3.05, 3.63) is 40.6 Å². The lowest BCUT2D eigenvalue weighted by molar-refractivity contribution is -0.112. The monoisotopic (exact) mass is 240 g/mol. The number of carbonyl (C=O) groups excluding carboxylic acids is 1.